The predicted octanol–water partition coefficient (Wildman–Crippen LogP) is 3.65. The lowest BCUT2D eigenvalue weighted by Gasteiger charge is -2.32. The van der Waals surface area contributed by atoms with Crippen LogP contribution < -0.4 is 0 Å². The lowest BCUT2D eigenvalue weighted by atomic mass is 9.97. The maximum atomic E-state index is 12.4. The number of nitrogens with one attached hydrogen (secondary N) is 1. The van der Waals surface area contributed by atoms with E-state index in [2.05, 4.69) is 19.9 Å². The topological polar surface area (TPSA) is 74.8 Å². The number of imidazole rings is 1. The van der Waals surface area contributed by atoms with Gasteiger partial charge in [-0.2, -0.15) is 0 Å². The van der Waals surface area contributed by atoms with Crippen LogP contribution in [0.15, 0.2) is 48.9 Å². The molecule has 28 heavy (non-hydrogen) atoms. The van der Waals surface area contributed by atoms with Crippen molar-refractivity contribution in [1.82, 2.24) is 24.8 Å². The average Bonchev–Trinajstić information content (AvgIpc) is 3.50. The SMILES string of the molecule is O=C(C1CC1)N1CCC[C@@H](c2ncc(-c3cnc(-c4ccccc4)nc3)[nH]2)C1. The molecule has 2 aromatic heterocycles. The number of piperidine rings is 1. The third-order valence-corrected chi connectivity index (χ3v) is 5.64. The number of amides is 1. The summed E-state index contributed by atoms with van der Waals surface area (Å²) in [6.07, 6.45) is 9.72. The van der Waals surface area contributed by atoms with Gasteiger partial charge < -0.3 is 9.88 Å². The van der Waals surface area contributed by atoms with Crippen molar-refractivity contribution < 1.29 is 4.79 Å². The number of rotatable bonds is 4. The van der Waals surface area contributed by atoms with Crippen LogP contribution in [0.25, 0.3) is 22.6 Å². The van der Waals surface area contributed by atoms with Crippen molar-refractivity contribution in [3.05, 3.63) is 54.7 Å². The average molecular weight is 373 g/mol. The molecule has 0 unspecified atom stereocenters. The van der Waals surface area contributed by atoms with Crippen LogP contribution in [0.4, 0.5) is 0 Å². The summed E-state index contributed by atoms with van der Waals surface area (Å²) in [4.78, 5) is 31.5. The number of likely N-dealkylation sites (tertiary alicyclic amines) is 1. The van der Waals surface area contributed by atoms with E-state index in [4.69, 9.17) is 0 Å². The van der Waals surface area contributed by atoms with Crippen molar-refractivity contribution in [1.29, 1.82) is 0 Å². The van der Waals surface area contributed by atoms with Gasteiger partial charge in [0.1, 0.15) is 5.82 Å². The van der Waals surface area contributed by atoms with Crippen molar-refractivity contribution in [3.8, 4) is 22.6 Å². The van der Waals surface area contributed by atoms with Crippen LogP contribution in [0.1, 0.15) is 37.4 Å². The van der Waals surface area contributed by atoms with Crippen molar-refractivity contribution in [2.75, 3.05) is 13.1 Å². The third kappa shape index (κ3) is 3.42. The first-order valence-corrected chi connectivity index (χ1v) is 9.99. The van der Waals surface area contributed by atoms with Crippen LogP contribution in [0.2, 0.25) is 0 Å². The Morgan fingerprint density at radius 1 is 0.964 bits per heavy atom. The molecule has 142 valence electrons. The summed E-state index contributed by atoms with van der Waals surface area (Å²) >= 11 is 0. The monoisotopic (exact) mass is 373 g/mol. The van der Waals surface area contributed by atoms with Crippen molar-refractivity contribution >= 4 is 5.91 Å². The van der Waals surface area contributed by atoms with Gasteiger partial charge in [0.15, 0.2) is 5.82 Å². The van der Waals surface area contributed by atoms with Gasteiger partial charge in [0, 0.05) is 48.4 Å². The maximum absolute atomic E-state index is 12.4. The lowest BCUT2D eigenvalue weighted by Crippen LogP contribution is -2.40. The van der Waals surface area contributed by atoms with Gasteiger partial charge in [0.05, 0.1) is 11.9 Å². The van der Waals surface area contributed by atoms with Crippen LogP contribution in [0.3, 0.4) is 0 Å². The van der Waals surface area contributed by atoms with E-state index in [1.165, 1.54) is 0 Å². The van der Waals surface area contributed by atoms with Gasteiger partial charge in [-0.3, -0.25) is 4.79 Å². The highest BCUT2D eigenvalue weighted by Crippen LogP contribution is 2.34. The Bertz CT molecular complexity index is 962. The smallest absolute Gasteiger partial charge is 0.225 e. The highest BCUT2D eigenvalue weighted by molar-refractivity contribution is 5.81. The number of hydrogen-bond donors (Lipinski definition) is 1. The molecular weight excluding hydrogens is 350 g/mol. The van der Waals surface area contributed by atoms with Crippen LogP contribution >= 0.6 is 0 Å². The minimum absolute atomic E-state index is 0.273. The minimum Gasteiger partial charge on any atom is -0.342 e. The zero-order valence-corrected chi connectivity index (χ0v) is 15.7. The molecule has 3 heterocycles. The largest absolute Gasteiger partial charge is 0.342 e. The van der Waals surface area contributed by atoms with E-state index in [0.29, 0.717) is 11.7 Å². The van der Waals surface area contributed by atoms with Crippen LogP contribution in [-0.2, 0) is 4.79 Å². The van der Waals surface area contributed by atoms with Gasteiger partial charge in [-0.1, -0.05) is 30.3 Å². The summed E-state index contributed by atoms with van der Waals surface area (Å²) in [5.74, 6) is 2.56. The van der Waals surface area contributed by atoms with Gasteiger partial charge in [0.2, 0.25) is 5.91 Å². The van der Waals surface area contributed by atoms with Crippen molar-refractivity contribution in [3.63, 3.8) is 0 Å². The molecule has 2 fully saturated rings. The Labute approximate surface area is 164 Å². The molecular formula is C22H23N5O. The normalized spacial score (nSPS) is 19.6. The number of hydrogen-bond acceptors (Lipinski definition) is 4. The molecule has 6 nitrogen and oxygen atoms in total. The second-order valence-corrected chi connectivity index (χ2v) is 7.74. The second-order valence-electron chi connectivity index (χ2n) is 7.74. The summed E-state index contributed by atoms with van der Waals surface area (Å²) in [6.45, 7) is 1.65. The Hall–Kier alpha value is -3.02. The molecule has 1 amide bonds. The summed E-state index contributed by atoms with van der Waals surface area (Å²) in [7, 11) is 0. The van der Waals surface area contributed by atoms with Crippen LogP contribution in [0, 0.1) is 5.92 Å². The summed E-state index contributed by atoms with van der Waals surface area (Å²) in [5, 5.41) is 0. The Balaban J connectivity index is 1.31. The van der Waals surface area contributed by atoms with Gasteiger partial charge >= 0.3 is 0 Å². The number of aromatic nitrogens is 4. The molecule has 3 aromatic rings. The van der Waals surface area contributed by atoms with Crippen molar-refractivity contribution in [2.24, 2.45) is 5.92 Å². The molecule has 0 bridgehead atoms. The zero-order chi connectivity index (χ0) is 18.9. The zero-order valence-electron chi connectivity index (χ0n) is 15.7. The number of benzene rings is 1. The number of nitrogens with zero attached hydrogens (tertiary/aromatic N) is 4. The molecule has 0 spiro atoms. The van der Waals surface area contributed by atoms with E-state index < -0.39 is 0 Å². The van der Waals surface area contributed by atoms with Gasteiger partial charge in [0.25, 0.3) is 0 Å². The van der Waals surface area contributed by atoms with Crippen LogP contribution in [0.5, 0.6) is 0 Å². The Morgan fingerprint density at radius 2 is 1.75 bits per heavy atom. The fourth-order valence-electron chi connectivity index (χ4n) is 3.88. The number of H-pyrrole nitrogens is 1. The first-order valence-electron chi connectivity index (χ1n) is 9.99. The van der Waals surface area contributed by atoms with Gasteiger partial charge in [-0.25, -0.2) is 15.0 Å². The number of carbonyl (C=O) groups excluding carboxylic acids is 1. The highest BCUT2D eigenvalue weighted by Gasteiger charge is 2.36. The molecule has 1 atom stereocenters. The molecule has 0 radical (unpaired) electrons. The van der Waals surface area contributed by atoms with Crippen LogP contribution in [-0.4, -0.2) is 43.8 Å². The number of carbonyl (C=O) groups is 1. The lowest BCUT2D eigenvalue weighted by molar-refractivity contribution is -0.133. The highest BCUT2D eigenvalue weighted by atomic mass is 16.2. The molecule has 2 aliphatic rings. The summed E-state index contributed by atoms with van der Waals surface area (Å²) < 4.78 is 0. The molecule has 6 heteroatoms. The predicted molar refractivity (Wildman–Crippen MR) is 106 cm³/mol. The van der Waals surface area contributed by atoms with E-state index in [9.17, 15) is 4.79 Å². The second kappa shape index (κ2) is 7.19. The maximum Gasteiger partial charge on any atom is 0.225 e. The molecule has 1 saturated heterocycles. The quantitative estimate of drug-likeness (QED) is 0.757. The van der Waals surface area contributed by atoms with E-state index in [1.54, 1.807) is 0 Å². The van der Waals surface area contributed by atoms with Crippen molar-refractivity contribution in [2.45, 2.75) is 31.6 Å². The van der Waals surface area contributed by atoms with E-state index in [-0.39, 0.29) is 11.8 Å². The fourth-order valence-corrected chi connectivity index (χ4v) is 3.88. The first-order chi connectivity index (χ1) is 13.8. The summed E-state index contributed by atoms with van der Waals surface area (Å²) in [6, 6.07) is 9.95. The molecule has 1 N–H and O–H groups in total. The molecule has 1 aliphatic heterocycles. The minimum atomic E-state index is 0.273. The Morgan fingerprint density at radius 3 is 2.50 bits per heavy atom. The van der Waals surface area contributed by atoms with E-state index in [1.807, 2.05) is 53.8 Å². The van der Waals surface area contributed by atoms with E-state index >= 15 is 0 Å². The molecule has 1 saturated carbocycles. The van der Waals surface area contributed by atoms with E-state index in [0.717, 1.165) is 61.4 Å². The molecule has 5 rings (SSSR count). The Kier molecular flexibility index (Phi) is 4.39. The summed E-state index contributed by atoms with van der Waals surface area (Å²) in [5.41, 5.74) is 2.84. The first kappa shape index (κ1) is 17.1. The molecule has 1 aliphatic carbocycles. The van der Waals surface area contributed by atoms with Gasteiger partial charge in [-0.05, 0) is 25.7 Å². The molecule has 1 aromatic carbocycles. The fraction of sp³-hybridized carbons (Fsp3) is 0.364. The standard InChI is InChI=1S/C22H23N5O/c28-22(16-8-9-16)27-10-4-7-17(14-27)21-25-13-19(26-21)18-11-23-20(24-12-18)15-5-2-1-3-6-15/h1-3,5-6,11-13,16-17H,4,7-10,14H2,(H,25,26)/t17-/m1/s1. The third-order valence-electron chi connectivity index (χ3n) is 5.64. The van der Waals surface area contributed by atoms with Gasteiger partial charge in [-0.15, -0.1) is 0 Å². The number of aromatic amines is 1.